The van der Waals surface area contributed by atoms with Crippen LogP contribution in [0.3, 0.4) is 0 Å². The minimum atomic E-state index is 0.875. The van der Waals surface area contributed by atoms with Gasteiger partial charge in [-0.15, -0.1) is 0 Å². The number of aromatic nitrogens is 4. The van der Waals surface area contributed by atoms with Crippen LogP contribution >= 0.6 is 0 Å². The topological polar surface area (TPSA) is 51.6 Å². The summed E-state index contributed by atoms with van der Waals surface area (Å²) in [6.45, 7) is 4.06. The third-order valence-corrected chi connectivity index (χ3v) is 5.43. The van der Waals surface area contributed by atoms with Crippen molar-refractivity contribution in [1.82, 2.24) is 19.9 Å². The van der Waals surface area contributed by atoms with Crippen LogP contribution in [0.25, 0.3) is 45.0 Å². The van der Waals surface area contributed by atoms with Gasteiger partial charge in [-0.2, -0.15) is 0 Å². The van der Waals surface area contributed by atoms with Crippen LogP contribution in [0.1, 0.15) is 11.1 Å². The van der Waals surface area contributed by atoms with Gasteiger partial charge in [-0.1, -0.05) is 48.5 Å². The molecule has 4 aromatic heterocycles. The molecule has 0 spiro atoms. The molecule has 0 saturated heterocycles. The van der Waals surface area contributed by atoms with Crippen molar-refractivity contribution in [3.63, 3.8) is 0 Å². The maximum absolute atomic E-state index is 4.60. The number of aryl methyl sites for hydroxylation is 2. The van der Waals surface area contributed by atoms with E-state index in [2.05, 4.69) is 68.5 Å². The molecule has 0 aliphatic heterocycles. The van der Waals surface area contributed by atoms with Gasteiger partial charge in [0.1, 0.15) is 0 Å². The molecule has 0 aliphatic rings. The lowest BCUT2D eigenvalue weighted by atomic mass is 10.0. The van der Waals surface area contributed by atoms with Gasteiger partial charge in [-0.05, 0) is 60.4 Å². The first kappa shape index (κ1) is 19.8. The second kappa shape index (κ2) is 8.52. The Hall–Kier alpha value is -4.18. The van der Waals surface area contributed by atoms with Crippen molar-refractivity contribution >= 4 is 0 Å². The summed E-state index contributed by atoms with van der Waals surface area (Å²) in [6, 6.07) is 24.8. The van der Waals surface area contributed by atoms with Gasteiger partial charge in [0.15, 0.2) is 0 Å². The fraction of sp³-hybridized carbons (Fsp3) is 0.0714. The van der Waals surface area contributed by atoms with Crippen molar-refractivity contribution in [2.45, 2.75) is 13.8 Å². The van der Waals surface area contributed by atoms with Gasteiger partial charge < -0.3 is 0 Å². The summed E-state index contributed by atoms with van der Waals surface area (Å²) in [4.78, 5) is 18.1. The summed E-state index contributed by atoms with van der Waals surface area (Å²) in [5, 5.41) is 0. The molecule has 4 heterocycles. The van der Waals surface area contributed by atoms with Gasteiger partial charge in [0.25, 0.3) is 0 Å². The lowest BCUT2D eigenvalue weighted by Crippen LogP contribution is -1.89. The van der Waals surface area contributed by atoms with E-state index < -0.39 is 0 Å². The third kappa shape index (κ3) is 4.16. The fourth-order valence-electron chi connectivity index (χ4n) is 3.53. The molecule has 0 bridgehead atoms. The van der Waals surface area contributed by atoms with Crippen LogP contribution < -0.4 is 0 Å². The van der Waals surface area contributed by atoms with Gasteiger partial charge in [0.05, 0.1) is 22.8 Å². The summed E-state index contributed by atoms with van der Waals surface area (Å²) in [7, 11) is 0. The molecule has 0 saturated carbocycles. The number of pyridine rings is 4. The Kier molecular flexibility index (Phi) is 5.26. The van der Waals surface area contributed by atoms with Crippen molar-refractivity contribution < 1.29 is 0 Å². The van der Waals surface area contributed by atoms with Crippen molar-refractivity contribution in [1.29, 1.82) is 0 Å². The maximum Gasteiger partial charge on any atom is 0.0886 e. The molecule has 5 rings (SSSR count). The van der Waals surface area contributed by atoms with E-state index in [4.69, 9.17) is 0 Å². The first-order chi connectivity index (χ1) is 15.7. The Morgan fingerprint density at radius 1 is 0.344 bits per heavy atom. The Morgan fingerprint density at radius 2 is 0.656 bits per heavy atom. The zero-order valence-corrected chi connectivity index (χ0v) is 18.0. The summed E-state index contributed by atoms with van der Waals surface area (Å²) in [5.41, 5.74) is 10.2. The molecule has 0 radical (unpaired) electrons. The highest BCUT2D eigenvalue weighted by molar-refractivity contribution is 5.71. The van der Waals surface area contributed by atoms with Gasteiger partial charge in [-0.25, -0.2) is 0 Å². The Labute approximate surface area is 187 Å². The molecule has 0 fully saturated rings. The molecule has 5 aromatic rings. The van der Waals surface area contributed by atoms with E-state index in [0.29, 0.717) is 0 Å². The van der Waals surface area contributed by atoms with Gasteiger partial charge in [0.2, 0.25) is 0 Å². The second-order valence-corrected chi connectivity index (χ2v) is 7.88. The van der Waals surface area contributed by atoms with Crippen LogP contribution in [0, 0.1) is 13.8 Å². The van der Waals surface area contributed by atoms with Crippen molar-refractivity contribution in [3.8, 4) is 45.0 Å². The van der Waals surface area contributed by atoms with Crippen LogP contribution in [0.15, 0.2) is 97.6 Å². The molecule has 0 unspecified atom stereocenters. The largest absolute Gasteiger partial charge is 0.254 e. The highest BCUT2D eigenvalue weighted by Gasteiger charge is 2.06. The van der Waals surface area contributed by atoms with Gasteiger partial charge in [0, 0.05) is 35.9 Å². The predicted molar refractivity (Wildman–Crippen MR) is 129 cm³/mol. The second-order valence-electron chi connectivity index (χ2n) is 7.88. The van der Waals surface area contributed by atoms with E-state index in [9.17, 15) is 0 Å². The number of nitrogens with zero attached hydrogens (tertiary/aromatic N) is 4. The molecule has 1 aromatic carbocycles. The summed E-state index contributed by atoms with van der Waals surface area (Å²) < 4.78 is 0. The van der Waals surface area contributed by atoms with E-state index in [1.165, 1.54) is 0 Å². The fourth-order valence-corrected chi connectivity index (χ4v) is 3.53. The molecular weight excluding hydrogens is 392 g/mol. The van der Waals surface area contributed by atoms with Crippen LogP contribution in [-0.4, -0.2) is 19.9 Å². The first-order valence-corrected chi connectivity index (χ1v) is 10.5. The summed E-state index contributed by atoms with van der Waals surface area (Å²) in [5.74, 6) is 0. The molecule has 0 N–H and O–H groups in total. The Balaban J connectivity index is 1.33. The zero-order chi connectivity index (χ0) is 21.9. The molecule has 0 amide bonds. The highest BCUT2D eigenvalue weighted by Crippen LogP contribution is 2.26. The van der Waals surface area contributed by atoms with E-state index >= 15 is 0 Å². The van der Waals surface area contributed by atoms with Crippen molar-refractivity contribution in [2.75, 3.05) is 0 Å². The highest BCUT2D eigenvalue weighted by atomic mass is 14.8. The number of benzene rings is 1. The van der Waals surface area contributed by atoms with Gasteiger partial charge in [-0.3, -0.25) is 19.9 Å². The monoisotopic (exact) mass is 414 g/mol. The van der Waals surface area contributed by atoms with Crippen LogP contribution in [0.2, 0.25) is 0 Å². The lowest BCUT2D eigenvalue weighted by Gasteiger charge is -2.07. The lowest BCUT2D eigenvalue weighted by molar-refractivity contribution is 1.22. The Bertz CT molecular complexity index is 1210. The molecular formula is C28H22N4. The molecule has 0 atom stereocenters. The van der Waals surface area contributed by atoms with Crippen LogP contribution in [0.4, 0.5) is 0 Å². The predicted octanol–water partition coefficient (Wildman–Crippen LogP) is 6.55. The van der Waals surface area contributed by atoms with E-state index in [1.54, 1.807) is 0 Å². The normalized spacial score (nSPS) is 10.8. The van der Waals surface area contributed by atoms with Gasteiger partial charge >= 0.3 is 0 Å². The molecule has 32 heavy (non-hydrogen) atoms. The van der Waals surface area contributed by atoms with Crippen LogP contribution in [-0.2, 0) is 0 Å². The average molecular weight is 415 g/mol. The third-order valence-electron chi connectivity index (χ3n) is 5.43. The molecule has 0 aliphatic carbocycles. The zero-order valence-electron chi connectivity index (χ0n) is 18.0. The summed E-state index contributed by atoms with van der Waals surface area (Å²) in [6.07, 6.45) is 7.53. The molecule has 4 nitrogen and oxygen atoms in total. The summed E-state index contributed by atoms with van der Waals surface area (Å²) >= 11 is 0. The quantitative estimate of drug-likeness (QED) is 0.334. The minimum Gasteiger partial charge on any atom is -0.254 e. The first-order valence-electron chi connectivity index (χ1n) is 10.5. The molecule has 154 valence electrons. The number of hydrogen-bond acceptors (Lipinski definition) is 4. The number of hydrogen-bond donors (Lipinski definition) is 0. The Morgan fingerprint density at radius 3 is 0.938 bits per heavy atom. The van der Waals surface area contributed by atoms with E-state index in [-0.39, 0.29) is 0 Å². The van der Waals surface area contributed by atoms with Crippen LogP contribution in [0.5, 0.6) is 0 Å². The maximum atomic E-state index is 4.60. The van der Waals surface area contributed by atoms with E-state index in [1.807, 2.05) is 62.9 Å². The van der Waals surface area contributed by atoms with Crippen molar-refractivity contribution in [2.24, 2.45) is 0 Å². The van der Waals surface area contributed by atoms with E-state index in [0.717, 1.165) is 56.2 Å². The molecule has 4 heteroatoms. The standard InChI is InChI=1S/C28H22N4/c1-19-3-11-25(29-15-19)27-13-9-23(17-31-27)21-5-7-22(8-6-21)24-10-14-28(32-18-24)26-12-4-20(2)16-30-26/h3-18H,1-2H3. The SMILES string of the molecule is Cc1ccc(-c2ccc(-c3ccc(-c4ccc(-c5ccc(C)cn5)nc4)cc3)cn2)nc1. The van der Waals surface area contributed by atoms with Crippen molar-refractivity contribution in [3.05, 3.63) is 109 Å². The smallest absolute Gasteiger partial charge is 0.0886 e. The number of rotatable bonds is 4. The minimum absolute atomic E-state index is 0.875. The average Bonchev–Trinajstić information content (AvgIpc) is 2.85.